The van der Waals surface area contributed by atoms with E-state index in [-0.39, 0.29) is 11.9 Å². The van der Waals surface area contributed by atoms with Crippen molar-refractivity contribution in [2.24, 2.45) is 0 Å². The van der Waals surface area contributed by atoms with Gasteiger partial charge in [0.1, 0.15) is 5.82 Å². The molecule has 2 rings (SSSR count). The Morgan fingerprint density at radius 3 is 2.65 bits per heavy atom. The van der Waals surface area contributed by atoms with Crippen LogP contribution in [-0.2, 0) is 4.74 Å². The van der Waals surface area contributed by atoms with Gasteiger partial charge in [-0.25, -0.2) is 4.39 Å². The summed E-state index contributed by atoms with van der Waals surface area (Å²) in [5, 5.41) is 3.28. The summed E-state index contributed by atoms with van der Waals surface area (Å²) in [6, 6.07) is 7.05. The van der Waals surface area contributed by atoms with E-state index in [0.29, 0.717) is 12.2 Å². The maximum atomic E-state index is 13.3. The second-order valence-corrected chi connectivity index (χ2v) is 5.70. The first-order valence-corrected chi connectivity index (χ1v) is 7.39. The SMILES string of the molecule is CNC(CCN1CC(C)OC(C)C1)c1cccc(F)c1. The van der Waals surface area contributed by atoms with Gasteiger partial charge in [0, 0.05) is 25.7 Å². The Labute approximate surface area is 121 Å². The van der Waals surface area contributed by atoms with Crippen LogP contribution in [-0.4, -0.2) is 43.8 Å². The van der Waals surface area contributed by atoms with Crippen LogP contribution in [0.1, 0.15) is 31.9 Å². The first kappa shape index (κ1) is 15.4. The number of morpholine rings is 1. The molecule has 112 valence electrons. The van der Waals surface area contributed by atoms with Crippen LogP contribution in [0.15, 0.2) is 24.3 Å². The number of benzene rings is 1. The zero-order valence-electron chi connectivity index (χ0n) is 12.6. The minimum absolute atomic E-state index is 0.170. The number of hydrogen-bond acceptors (Lipinski definition) is 3. The molecule has 3 atom stereocenters. The number of rotatable bonds is 5. The summed E-state index contributed by atoms with van der Waals surface area (Å²) in [7, 11) is 1.93. The van der Waals surface area contributed by atoms with Gasteiger partial charge in [0.25, 0.3) is 0 Å². The van der Waals surface area contributed by atoms with Gasteiger partial charge in [-0.05, 0) is 45.0 Å². The lowest BCUT2D eigenvalue weighted by atomic mass is 10.0. The second-order valence-electron chi connectivity index (χ2n) is 5.70. The van der Waals surface area contributed by atoms with Crippen LogP contribution in [0.5, 0.6) is 0 Å². The zero-order valence-corrected chi connectivity index (χ0v) is 12.6. The van der Waals surface area contributed by atoms with Crippen LogP contribution >= 0.6 is 0 Å². The number of halogens is 1. The molecule has 1 saturated heterocycles. The Balaban J connectivity index is 1.90. The molecule has 4 heteroatoms. The summed E-state index contributed by atoms with van der Waals surface area (Å²) >= 11 is 0. The van der Waals surface area contributed by atoms with Crippen molar-refractivity contribution >= 4 is 0 Å². The molecule has 0 aromatic heterocycles. The van der Waals surface area contributed by atoms with E-state index in [0.717, 1.165) is 31.6 Å². The topological polar surface area (TPSA) is 24.5 Å². The number of nitrogens with one attached hydrogen (secondary N) is 1. The lowest BCUT2D eigenvalue weighted by molar-refractivity contribution is -0.0685. The Kier molecular flexibility index (Phi) is 5.52. The van der Waals surface area contributed by atoms with Gasteiger partial charge in [0.05, 0.1) is 12.2 Å². The Morgan fingerprint density at radius 1 is 1.35 bits per heavy atom. The molecule has 1 aromatic carbocycles. The smallest absolute Gasteiger partial charge is 0.123 e. The maximum absolute atomic E-state index is 13.3. The zero-order chi connectivity index (χ0) is 14.5. The van der Waals surface area contributed by atoms with Gasteiger partial charge >= 0.3 is 0 Å². The predicted molar refractivity (Wildman–Crippen MR) is 79.3 cm³/mol. The standard InChI is InChI=1S/C16H25FN2O/c1-12-10-19(11-13(2)20-12)8-7-16(18-3)14-5-4-6-15(17)9-14/h4-6,9,12-13,16,18H,7-8,10-11H2,1-3H3. The molecule has 0 radical (unpaired) electrons. The largest absolute Gasteiger partial charge is 0.373 e. The molecule has 3 unspecified atom stereocenters. The summed E-state index contributed by atoms with van der Waals surface area (Å²) in [6.45, 7) is 7.18. The monoisotopic (exact) mass is 280 g/mol. The highest BCUT2D eigenvalue weighted by Gasteiger charge is 2.22. The van der Waals surface area contributed by atoms with Crippen LogP contribution in [0.2, 0.25) is 0 Å². The molecule has 1 heterocycles. The first-order valence-electron chi connectivity index (χ1n) is 7.39. The molecule has 3 nitrogen and oxygen atoms in total. The predicted octanol–water partition coefficient (Wildman–Crippen LogP) is 2.59. The van der Waals surface area contributed by atoms with E-state index in [1.807, 2.05) is 13.1 Å². The minimum Gasteiger partial charge on any atom is -0.373 e. The van der Waals surface area contributed by atoms with E-state index in [1.54, 1.807) is 12.1 Å². The molecule has 0 aliphatic carbocycles. The Bertz CT molecular complexity index is 417. The Morgan fingerprint density at radius 2 is 2.05 bits per heavy atom. The number of hydrogen-bond donors (Lipinski definition) is 1. The fraction of sp³-hybridized carbons (Fsp3) is 0.625. The average Bonchev–Trinajstić information content (AvgIpc) is 2.38. The average molecular weight is 280 g/mol. The van der Waals surface area contributed by atoms with Crippen LogP contribution < -0.4 is 5.32 Å². The molecule has 1 aliphatic rings. The van der Waals surface area contributed by atoms with E-state index < -0.39 is 0 Å². The van der Waals surface area contributed by atoms with Crippen molar-refractivity contribution in [2.45, 2.75) is 38.5 Å². The summed E-state index contributed by atoms with van der Waals surface area (Å²) in [5.74, 6) is -0.170. The first-order chi connectivity index (χ1) is 9.58. The fourth-order valence-corrected chi connectivity index (χ4v) is 2.98. The molecular weight excluding hydrogens is 255 g/mol. The van der Waals surface area contributed by atoms with Gasteiger partial charge < -0.3 is 10.1 Å². The van der Waals surface area contributed by atoms with Gasteiger partial charge in [-0.2, -0.15) is 0 Å². The molecule has 0 bridgehead atoms. The third-order valence-electron chi connectivity index (χ3n) is 3.83. The molecule has 0 spiro atoms. The van der Waals surface area contributed by atoms with Gasteiger partial charge in [-0.1, -0.05) is 12.1 Å². The highest BCUT2D eigenvalue weighted by Crippen LogP contribution is 2.19. The Hall–Kier alpha value is -0.970. The summed E-state index contributed by atoms with van der Waals surface area (Å²) in [4.78, 5) is 2.43. The van der Waals surface area contributed by atoms with E-state index in [4.69, 9.17) is 4.74 Å². The van der Waals surface area contributed by atoms with Crippen molar-refractivity contribution in [3.63, 3.8) is 0 Å². The van der Waals surface area contributed by atoms with Crippen molar-refractivity contribution in [2.75, 3.05) is 26.7 Å². The summed E-state index contributed by atoms with van der Waals surface area (Å²) in [5.41, 5.74) is 1.02. The molecule has 20 heavy (non-hydrogen) atoms. The molecule has 1 aromatic rings. The minimum atomic E-state index is -0.170. The van der Waals surface area contributed by atoms with Crippen LogP contribution in [0.25, 0.3) is 0 Å². The molecular formula is C16H25FN2O. The van der Waals surface area contributed by atoms with Crippen LogP contribution in [0, 0.1) is 5.82 Å². The van der Waals surface area contributed by atoms with E-state index in [1.165, 1.54) is 6.07 Å². The van der Waals surface area contributed by atoms with Crippen molar-refractivity contribution < 1.29 is 9.13 Å². The van der Waals surface area contributed by atoms with Crippen molar-refractivity contribution in [3.8, 4) is 0 Å². The van der Waals surface area contributed by atoms with Gasteiger partial charge in [-0.3, -0.25) is 4.90 Å². The van der Waals surface area contributed by atoms with E-state index in [9.17, 15) is 4.39 Å². The third kappa shape index (κ3) is 4.27. The quantitative estimate of drug-likeness (QED) is 0.897. The van der Waals surface area contributed by atoms with Crippen molar-refractivity contribution in [1.82, 2.24) is 10.2 Å². The van der Waals surface area contributed by atoms with E-state index in [2.05, 4.69) is 24.1 Å². The molecule has 1 fully saturated rings. The van der Waals surface area contributed by atoms with Crippen LogP contribution in [0.4, 0.5) is 4.39 Å². The summed E-state index contributed by atoms with van der Waals surface area (Å²) < 4.78 is 19.0. The van der Waals surface area contributed by atoms with Crippen molar-refractivity contribution in [3.05, 3.63) is 35.6 Å². The summed E-state index contributed by atoms with van der Waals surface area (Å²) in [6.07, 6.45) is 1.56. The molecule has 0 saturated carbocycles. The number of nitrogens with zero attached hydrogens (tertiary/aromatic N) is 1. The van der Waals surface area contributed by atoms with Gasteiger partial charge in [-0.15, -0.1) is 0 Å². The van der Waals surface area contributed by atoms with Crippen molar-refractivity contribution in [1.29, 1.82) is 0 Å². The molecule has 0 amide bonds. The second kappa shape index (κ2) is 7.16. The highest BCUT2D eigenvalue weighted by molar-refractivity contribution is 5.20. The van der Waals surface area contributed by atoms with E-state index >= 15 is 0 Å². The normalized spacial score (nSPS) is 25.6. The van der Waals surface area contributed by atoms with Crippen LogP contribution in [0.3, 0.4) is 0 Å². The van der Waals surface area contributed by atoms with Gasteiger partial charge in [0.15, 0.2) is 0 Å². The lowest BCUT2D eigenvalue weighted by Gasteiger charge is -2.36. The maximum Gasteiger partial charge on any atom is 0.123 e. The fourth-order valence-electron chi connectivity index (χ4n) is 2.98. The highest BCUT2D eigenvalue weighted by atomic mass is 19.1. The molecule has 1 aliphatic heterocycles. The number of ether oxygens (including phenoxy) is 1. The molecule has 1 N–H and O–H groups in total. The third-order valence-corrected chi connectivity index (χ3v) is 3.83. The van der Waals surface area contributed by atoms with Gasteiger partial charge in [0.2, 0.25) is 0 Å². The lowest BCUT2D eigenvalue weighted by Crippen LogP contribution is -2.46.